The zero-order valence-corrected chi connectivity index (χ0v) is 11.2. The Labute approximate surface area is 107 Å². The number of ether oxygens (including phenoxy) is 1. The summed E-state index contributed by atoms with van der Waals surface area (Å²) < 4.78 is 5.95. The molecule has 1 aromatic heterocycles. The van der Waals surface area contributed by atoms with E-state index in [1.54, 1.807) is 11.3 Å². The van der Waals surface area contributed by atoms with Gasteiger partial charge in [0.1, 0.15) is 10.6 Å². The van der Waals surface area contributed by atoms with Crippen molar-refractivity contribution in [3.05, 3.63) is 16.1 Å². The molecule has 3 nitrogen and oxygen atoms in total. The summed E-state index contributed by atoms with van der Waals surface area (Å²) in [6.45, 7) is 4.20. The second-order valence-electron chi connectivity index (χ2n) is 5.26. The molecule has 1 N–H and O–H groups in total. The molecule has 4 heteroatoms. The molecule has 0 aliphatic carbocycles. The van der Waals surface area contributed by atoms with Crippen molar-refractivity contribution in [3.63, 3.8) is 0 Å². The number of rotatable bonds is 2. The number of aromatic nitrogens is 1. The van der Waals surface area contributed by atoms with E-state index >= 15 is 0 Å². The molecule has 0 saturated carbocycles. The van der Waals surface area contributed by atoms with Gasteiger partial charge in [-0.05, 0) is 45.6 Å². The molecule has 0 aromatic carbocycles. The Morgan fingerprint density at radius 2 is 2.41 bits per heavy atom. The van der Waals surface area contributed by atoms with E-state index in [1.807, 2.05) is 0 Å². The first-order valence-electron chi connectivity index (χ1n) is 6.61. The highest BCUT2D eigenvalue weighted by Crippen LogP contribution is 2.37. The van der Waals surface area contributed by atoms with Crippen LogP contribution in [0.4, 0.5) is 0 Å². The van der Waals surface area contributed by atoms with Gasteiger partial charge in [0.05, 0.1) is 11.7 Å². The maximum absolute atomic E-state index is 5.95. The van der Waals surface area contributed by atoms with Crippen LogP contribution in [-0.4, -0.2) is 18.1 Å². The van der Waals surface area contributed by atoms with Crippen molar-refractivity contribution in [2.24, 2.45) is 0 Å². The minimum atomic E-state index is -0.125. The Balaban J connectivity index is 1.78. The molecule has 3 rings (SSSR count). The lowest BCUT2D eigenvalue weighted by molar-refractivity contribution is -0.0703. The number of nitrogens with one attached hydrogen (secondary N) is 1. The van der Waals surface area contributed by atoms with Gasteiger partial charge in [-0.1, -0.05) is 0 Å². The van der Waals surface area contributed by atoms with E-state index in [0.29, 0.717) is 6.04 Å². The molecular weight excluding hydrogens is 232 g/mol. The van der Waals surface area contributed by atoms with Crippen molar-refractivity contribution in [1.29, 1.82) is 0 Å². The molecule has 0 radical (unpaired) electrons. The summed E-state index contributed by atoms with van der Waals surface area (Å²) in [5.41, 5.74) is 1.10. The second kappa shape index (κ2) is 4.67. The minimum Gasteiger partial charge on any atom is -0.368 e. The van der Waals surface area contributed by atoms with Gasteiger partial charge in [0.15, 0.2) is 0 Å². The van der Waals surface area contributed by atoms with E-state index in [9.17, 15) is 0 Å². The van der Waals surface area contributed by atoms with Gasteiger partial charge in [0.25, 0.3) is 0 Å². The molecule has 2 aliphatic rings. The number of hydrogen-bond donors (Lipinski definition) is 1. The van der Waals surface area contributed by atoms with Crippen molar-refractivity contribution in [2.45, 2.75) is 50.7 Å². The summed E-state index contributed by atoms with van der Waals surface area (Å²) in [6.07, 6.45) is 6.05. The third-order valence-corrected chi connectivity index (χ3v) is 4.97. The van der Waals surface area contributed by atoms with E-state index in [1.165, 1.54) is 36.4 Å². The van der Waals surface area contributed by atoms with Crippen LogP contribution in [0, 0.1) is 0 Å². The Morgan fingerprint density at radius 1 is 1.47 bits per heavy atom. The molecule has 0 amide bonds. The predicted octanol–water partition coefficient (Wildman–Crippen LogP) is 2.98. The normalized spacial score (nSPS) is 34.1. The molecule has 94 valence electrons. The lowest BCUT2D eigenvalue weighted by Crippen LogP contribution is -2.30. The van der Waals surface area contributed by atoms with Gasteiger partial charge in [-0.15, -0.1) is 11.3 Å². The Bertz CT molecular complexity index is 379. The highest BCUT2D eigenvalue weighted by Gasteiger charge is 2.33. The van der Waals surface area contributed by atoms with Crippen molar-refractivity contribution < 1.29 is 4.74 Å². The molecule has 2 saturated heterocycles. The lowest BCUT2D eigenvalue weighted by Gasteiger charge is -2.31. The molecule has 0 spiro atoms. The van der Waals surface area contributed by atoms with Crippen LogP contribution in [0.3, 0.4) is 0 Å². The fraction of sp³-hybridized carbons (Fsp3) is 0.769. The fourth-order valence-electron chi connectivity index (χ4n) is 2.73. The molecule has 2 unspecified atom stereocenters. The summed E-state index contributed by atoms with van der Waals surface area (Å²) in [4.78, 5) is 4.82. The topological polar surface area (TPSA) is 34.2 Å². The minimum absolute atomic E-state index is 0.125. The number of thiazole rings is 1. The van der Waals surface area contributed by atoms with Gasteiger partial charge in [-0.2, -0.15) is 0 Å². The van der Waals surface area contributed by atoms with Crippen LogP contribution in [0.25, 0.3) is 0 Å². The van der Waals surface area contributed by atoms with Crippen LogP contribution in [0.15, 0.2) is 5.38 Å². The zero-order valence-electron chi connectivity index (χ0n) is 10.4. The monoisotopic (exact) mass is 252 g/mol. The van der Waals surface area contributed by atoms with Crippen molar-refractivity contribution in [3.8, 4) is 0 Å². The first-order chi connectivity index (χ1) is 8.28. The van der Waals surface area contributed by atoms with Crippen LogP contribution < -0.4 is 5.32 Å². The smallest absolute Gasteiger partial charge is 0.125 e. The predicted molar refractivity (Wildman–Crippen MR) is 69.2 cm³/mol. The van der Waals surface area contributed by atoms with E-state index in [0.717, 1.165) is 19.6 Å². The number of hydrogen-bond acceptors (Lipinski definition) is 4. The van der Waals surface area contributed by atoms with Gasteiger partial charge in [-0.25, -0.2) is 4.98 Å². The first-order valence-corrected chi connectivity index (χ1v) is 7.49. The highest BCUT2D eigenvalue weighted by molar-refractivity contribution is 7.09. The summed E-state index contributed by atoms with van der Waals surface area (Å²) in [5.74, 6) is 0. The van der Waals surface area contributed by atoms with E-state index in [4.69, 9.17) is 9.72 Å². The van der Waals surface area contributed by atoms with E-state index < -0.39 is 0 Å². The summed E-state index contributed by atoms with van der Waals surface area (Å²) in [5, 5.41) is 6.88. The third kappa shape index (κ3) is 2.26. The molecule has 2 atom stereocenters. The summed E-state index contributed by atoms with van der Waals surface area (Å²) in [7, 11) is 0. The van der Waals surface area contributed by atoms with Gasteiger partial charge in [0.2, 0.25) is 0 Å². The SMILES string of the molecule is CC1(c2nc(C3CCCN3)cs2)CCCCO1. The van der Waals surface area contributed by atoms with E-state index in [2.05, 4.69) is 17.6 Å². The quantitative estimate of drug-likeness (QED) is 0.878. The molecule has 2 fully saturated rings. The van der Waals surface area contributed by atoms with E-state index in [-0.39, 0.29) is 5.60 Å². The largest absolute Gasteiger partial charge is 0.368 e. The number of nitrogens with zero attached hydrogens (tertiary/aromatic N) is 1. The average Bonchev–Trinajstić information content (AvgIpc) is 3.01. The van der Waals surface area contributed by atoms with Crippen molar-refractivity contribution >= 4 is 11.3 Å². The molecule has 2 aliphatic heterocycles. The maximum atomic E-state index is 5.95. The Kier molecular flexibility index (Phi) is 3.19. The Morgan fingerprint density at radius 3 is 3.12 bits per heavy atom. The first kappa shape index (κ1) is 11.6. The van der Waals surface area contributed by atoms with Crippen LogP contribution in [0.1, 0.15) is 55.8 Å². The second-order valence-corrected chi connectivity index (χ2v) is 6.12. The maximum Gasteiger partial charge on any atom is 0.125 e. The van der Waals surface area contributed by atoms with Gasteiger partial charge < -0.3 is 10.1 Å². The molecule has 17 heavy (non-hydrogen) atoms. The summed E-state index contributed by atoms with van der Waals surface area (Å²) in [6, 6.07) is 0.479. The van der Waals surface area contributed by atoms with Gasteiger partial charge in [-0.3, -0.25) is 0 Å². The molecule has 0 bridgehead atoms. The van der Waals surface area contributed by atoms with Gasteiger partial charge >= 0.3 is 0 Å². The average molecular weight is 252 g/mol. The standard InChI is InChI=1S/C13H20N2OS/c1-13(6-2-3-8-16-13)12-15-11(9-17-12)10-5-4-7-14-10/h9-10,14H,2-8H2,1H3. The highest BCUT2D eigenvalue weighted by atomic mass is 32.1. The van der Waals surface area contributed by atoms with Crippen LogP contribution in [-0.2, 0) is 10.3 Å². The fourth-order valence-corrected chi connectivity index (χ4v) is 3.75. The third-order valence-electron chi connectivity index (χ3n) is 3.86. The Hall–Kier alpha value is -0.450. The van der Waals surface area contributed by atoms with Crippen LogP contribution >= 0.6 is 11.3 Å². The molecule has 3 heterocycles. The molecular formula is C13H20N2OS. The molecule has 1 aromatic rings. The van der Waals surface area contributed by atoms with Gasteiger partial charge in [0, 0.05) is 12.0 Å². The van der Waals surface area contributed by atoms with Crippen LogP contribution in [0.2, 0.25) is 0 Å². The summed E-state index contributed by atoms with van der Waals surface area (Å²) >= 11 is 1.77. The zero-order chi connectivity index (χ0) is 11.7. The van der Waals surface area contributed by atoms with Crippen molar-refractivity contribution in [1.82, 2.24) is 10.3 Å². The van der Waals surface area contributed by atoms with Crippen LogP contribution in [0.5, 0.6) is 0 Å². The van der Waals surface area contributed by atoms with Crippen molar-refractivity contribution in [2.75, 3.05) is 13.2 Å². The lowest BCUT2D eigenvalue weighted by atomic mass is 9.97.